The molecule has 1 N–H and O–H groups in total. The Bertz CT molecular complexity index is 387. The molecule has 0 aromatic heterocycles. The van der Waals surface area contributed by atoms with Crippen LogP contribution < -0.4 is 0 Å². The Hall–Kier alpha value is -1.10. The zero-order valence-electron chi connectivity index (χ0n) is 19.3. The van der Waals surface area contributed by atoms with E-state index < -0.39 is 5.97 Å². The van der Waals surface area contributed by atoms with Crippen molar-refractivity contribution in [1.82, 2.24) is 4.90 Å². The first kappa shape index (κ1) is 27.9. The van der Waals surface area contributed by atoms with Crippen molar-refractivity contribution in [3.8, 4) is 0 Å². The second-order valence-corrected chi connectivity index (χ2v) is 8.22. The molecule has 0 radical (unpaired) electrons. The predicted octanol–water partition coefficient (Wildman–Crippen LogP) is 6.20. The maximum Gasteiger partial charge on any atom is 0.320 e. The van der Waals surface area contributed by atoms with Gasteiger partial charge in [0.1, 0.15) is 0 Å². The van der Waals surface area contributed by atoms with E-state index in [9.17, 15) is 9.59 Å². The number of hydrogen-bond donors (Lipinski definition) is 1. The maximum absolute atomic E-state index is 11.7. The lowest BCUT2D eigenvalue weighted by Gasteiger charge is -2.16. The summed E-state index contributed by atoms with van der Waals surface area (Å²) in [6.07, 6.45) is 21.1. The molecule has 5 heteroatoms. The van der Waals surface area contributed by atoms with Crippen molar-refractivity contribution in [3.63, 3.8) is 0 Å². The van der Waals surface area contributed by atoms with Crippen LogP contribution in [0.25, 0.3) is 0 Å². The Morgan fingerprint density at radius 3 is 1.45 bits per heavy atom. The van der Waals surface area contributed by atoms with Crippen molar-refractivity contribution in [2.24, 2.45) is 0 Å². The van der Waals surface area contributed by atoms with Crippen molar-refractivity contribution < 1.29 is 19.4 Å². The molecule has 29 heavy (non-hydrogen) atoms. The van der Waals surface area contributed by atoms with Gasteiger partial charge in [-0.15, -0.1) is 0 Å². The topological polar surface area (TPSA) is 66.8 Å². The fourth-order valence-corrected chi connectivity index (χ4v) is 3.54. The molecule has 0 fully saturated rings. The van der Waals surface area contributed by atoms with Gasteiger partial charge in [-0.05, 0) is 13.0 Å². The van der Waals surface area contributed by atoms with Crippen LogP contribution in [0.15, 0.2) is 0 Å². The highest BCUT2D eigenvalue weighted by atomic mass is 16.5. The lowest BCUT2D eigenvalue weighted by Crippen LogP contribution is -2.35. The Morgan fingerprint density at radius 1 is 0.655 bits per heavy atom. The molecular weight excluding hydrogens is 366 g/mol. The molecule has 0 aromatic carbocycles. The van der Waals surface area contributed by atoms with Crippen LogP contribution in [0.2, 0.25) is 0 Å². The third-order valence-electron chi connectivity index (χ3n) is 5.42. The first-order valence-electron chi connectivity index (χ1n) is 12.2. The van der Waals surface area contributed by atoms with E-state index >= 15 is 0 Å². The van der Waals surface area contributed by atoms with Crippen LogP contribution in [0.5, 0.6) is 0 Å². The van der Waals surface area contributed by atoms with Crippen molar-refractivity contribution in [3.05, 3.63) is 0 Å². The van der Waals surface area contributed by atoms with E-state index in [0.29, 0.717) is 13.2 Å². The molecule has 0 unspecified atom stereocenters. The van der Waals surface area contributed by atoms with E-state index in [4.69, 9.17) is 9.84 Å². The highest BCUT2D eigenvalue weighted by molar-refractivity contribution is 5.74. The standard InChI is InChI=1S/C24H47NO4/c1-3-5-6-7-8-9-10-11-12-13-14-15-16-17-18-19-20-29-24(28)22-25(4-2)21-23(26)27/h3-22H2,1-2H3,(H,26,27). The molecule has 0 saturated carbocycles. The molecule has 5 nitrogen and oxygen atoms in total. The highest BCUT2D eigenvalue weighted by Crippen LogP contribution is 2.13. The number of carbonyl (C=O) groups is 2. The van der Waals surface area contributed by atoms with Gasteiger partial charge >= 0.3 is 11.9 Å². The summed E-state index contributed by atoms with van der Waals surface area (Å²) < 4.78 is 5.20. The van der Waals surface area contributed by atoms with Gasteiger partial charge in [0.15, 0.2) is 0 Å². The van der Waals surface area contributed by atoms with E-state index in [1.807, 2.05) is 6.92 Å². The molecule has 0 saturated heterocycles. The van der Waals surface area contributed by atoms with Crippen molar-refractivity contribution in [2.45, 2.75) is 117 Å². The number of aliphatic carboxylic acids is 1. The maximum atomic E-state index is 11.7. The monoisotopic (exact) mass is 413 g/mol. The van der Waals surface area contributed by atoms with Gasteiger partial charge in [-0.3, -0.25) is 14.5 Å². The van der Waals surface area contributed by atoms with Gasteiger partial charge in [0.25, 0.3) is 0 Å². The molecule has 0 atom stereocenters. The van der Waals surface area contributed by atoms with Gasteiger partial charge in [0, 0.05) is 0 Å². The second-order valence-electron chi connectivity index (χ2n) is 8.22. The number of nitrogens with zero attached hydrogens (tertiary/aromatic N) is 1. The molecule has 0 aromatic rings. The van der Waals surface area contributed by atoms with Crippen LogP contribution in [0.4, 0.5) is 0 Å². The molecule has 0 aliphatic rings. The van der Waals surface area contributed by atoms with Crippen molar-refractivity contribution in [1.29, 1.82) is 0 Å². The number of carboxylic acid groups (broad SMARTS) is 1. The van der Waals surface area contributed by atoms with Crippen LogP contribution in [0.1, 0.15) is 117 Å². The number of likely N-dealkylation sites (N-methyl/N-ethyl adjacent to an activating group) is 1. The van der Waals surface area contributed by atoms with Gasteiger partial charge in [-0.1, -0.05) is 110 Å². The average molecular weight is 414 g/mol. The van der Waals surface area contributed by atoms with E-state index in [1.54, 1.807) is 4.90 Å². The van der Waals surface area contributed by atoms with Gasteiger partial charge in [0.2, 0.25) is 0 Å². The van der Waals surface area contributed by atoms with Gasteiger partial charge in [-0.25, -0.2) is 0 Å². The van der Waals surface area contributed by atoms with Crippen molar-refractivity contribution >= 4 is 11.9 Å². The fraction of sp³-hybridized carbons (Fsp3) is 0.917. The summed E-state index contributed by atoms with van der Waals surface area (Å²) in [4.78, 5) is 23.9. The summed E-state index contributed by atoms with van der Waals surface area (Å²) in [5, 5.41) is 8.77. The Balaban J connectivity index is 3.27. The Morgan fingerprint density at radius 2 is 1.07 bits per heavy atom. The number of hydrogen-bond acceptors (Lipinski definition) is 4. The molecule has 0 aliphatic carbocycles. The molecule has 0 spiro atoms. The summed E-state index contributed by atoms with van der Waals surface area (Å²) in [6.45, 7) is 5.02. The number of unbranched alkanes of at least 4 members (excludes halogenated alkanes) is 15. The summed E-state index contributed by atoms with van der Waals surface area (Å²) in [7, 11) is 0. The van der Waals surface area contributed by atoms with Crippen LogP contribution >= 0.6 is 0 Å². The third kappa shape index (κ3) is 21.4. The van der Waals surface area contributed by atoms with Gasteiger partial charge in [-0.2, -0.15) is 0 Å². The van der Waals surface area contributed by atoms with Crippen LogP contribution in [-0.4, -0.2) is 48.2 Å². The highest BCUT2D eigenvalue weighted by Gasteiger charge is 2.12. The smallest absolute Gasteiger partial charge is 0.320 e. The molecule has 0 heterocycles. The first-order valence-corrected chi connectivity index (χ1v) is 12.2. The minimum Gasteiger partial charge on any atom is -0.480 e. The minimum absolute atomic E-state index is 0.0572. The zero-order chi connectivity index (χ0) is 21.6. The Kier molecular flexibility index (Phi) is 20.8. The fourth-order valence-electron chi connectivity index (χ4n) is 3.54. The zero-order valence-corrected chi connectivity index (χ0v) is 19.3. The number of esters is 1. The molecule has 0 amide bonds. The molecule has 172 valence electrons. The molecule has 0 aliphatic heterocycles. The van der Waals surface area contributed by atoms with E-state index in [-0.39, 0.29) is 19.1 Å². The van der Waals surface area contributed by atoms with Crippen LogP contribution in [-0.2, 0) is 14.3 Å². The third-order valence-corrected chi connectivity index (χ3v) is 5.42. The minimum atomic E-state index is -0.919. The normalized spacial score (nSPS) is 11.1. The summed E-state index contributed by atoms with van der Waals surface area (Å²) in [5.41, 5.74) is 0. The largest absolute Gasteiger partial charge is 0.480 e. The van der Waals surface area contributed by atoms with Crippen molar-refractivity contribution in [2.75, 3.05) is 26.2 Å². The summed E-state index contributed by atoms with van der Waals surface area (Å²) in [6, 6.07) is 0. The average Bonchev–Trinajstić information content (AvgIpc) is 2.69. The summed E-state index contributed by atoms with van der Waals surface area (Å²) in [5.74, 6) is -1.24. The predicted molar refractivity (Wildman–Crippen MR) is 120 cm³/mol. The quantitative estimate of drug-likeness (QED) is 0.169. The summed E-state index contributed by atoms with van der Waals surface area (Å²) >= 11 is 0. The second kappa shape index (κ2) is 21.6. The first-order chi connectivity index (χ1) is 14.1. The number of carbonyl (C=O) groups excluding carboxylic acids is 1. The number of rotatable bonds is 22. The SMILES string of the molecule is CCCCCCCCCCCCCCCCCCOC(=O)CN(CC)CC(=O)O. The number of carboxylic acids is 1. The van der Waals surface area contributed by atoms with Gasteiger partial charge in [0.05, 0.1) is 19.7 Å². The van der Waals surface area contributed by atoms with E-state index in [2.05, 4.69) is 6.92 Å². The van der Waals surface area contributed by atoms with Gasteiger partial charge < -0.3 is 9.84 Å². The van der Waals surface area contributed by atoms with E-state index in [1.165, 1.54) is 89.9 Å². The Labute approximate surface area is 179 Å². The van der Waals surface area contributed by atoms with Crippen LogP contribution in [0, 0.1) is 0 Å². The van der Waals surface area contributed by atoms with Crippen LogP contribution in [0.3, 0.4) is 0 Å². The van der Waals surface area contributed by atoms with E-state index in [0.717, 1.165) is 12.8 Å². The lowest BCUT2D eigenvalue weighted by molar-refractivity contribution is -0.146. The molecule has 0 bridgehead atoms. The number of ether oxygens (including phenoxy) is 1. The molecule has 0 rings (SSSR count). The lowest BCUT2D eigenvalue weighted by atomic mass is 10.0. The molecular formula is C24H47NO4.